The Hall–Kier alpha value is -2.67. The van der Waals surface area contributed by atoms with Gasteiger partial charge in [0.1, 0.15) is 5.82 Å². The Morgan fingerprint density at radius 1 is 1.15 bits per heavy atom. The molecule has 0 unspecified atom stereocenters. The van der Waals surface area contributed by atoms with Crippen LogP contribution in [0.2, 0.25) is 0 Å². The number of ether oxygens (including phenoxy) is 1. The predicted octanol–water partition coefficient (Wildman–Crippen LogP) is 4.63. The number of nitrogens with one attached hydrogen (secondary N) is 1. The molecule has 0 atom stereocenters. The third kappa shape index (κ3) is 5.65. The van der Waals surface area contributed by atoms with Gasteiger partial charge in [-0.1, -0.05) is 40.2 Å². The lowest BCUT2D eigenvalue weighted by Crippen LogP contribution is -2.16. The van der Waals surface area contributed by atoms with Crippen LogP contribution in [0, 0.1) is 5.82 Å². The molecule has 7 heteroatoms. The largest absolute Gasteiger partial charge is 0.491 e. The van der Waals surface area contributed by atoms with Gasteiger partial charge in [-0.15, -0.1) is 0 Å². The summed E-state index contributed by atoms with van der Waals surface area (Å²) in [5.74, 6) is 0.298. The lowest BCUT2D eigenvalue weighted by molar-refractivity contribution is -0.116. The summed E-state index contributed by atoms with van der Waals surface area (Å²) in [6.07, 6.45) is 2.41. The van der Waals surface area contributed by atoms with Crippen molar-refractivity contribution < 1.29 is 13.9 Å². The van der Waals surface area contributed by atoms with E-state index in [1.807, 2.05) is 24.3 Å². The molecule has 0 aliphatic heterocycles. The zero-order chi connectivity index (χ0) is 19.1. The minimum Gasteiger partial charge on any atom is -0.491 e. The molecule has 1 aromatic heterocycles. The fraction of sp³-hybridized carbons (Fsp3) is 0.200. The summed E-state index contributed by atoms with van der Waals surface area (Å²) in [6, 6.07) is 15.9. The number of hydrogen-bond donors (Lipinski definition) is 1. The van der Waals surface area contributed by atoms with Crippen molar-refractivity contribution in [2.75, 3.05) is 11.9 Å². The van der Waals surface area contributed by atoms with Crippen molar-refractivity contribution in [1.82, 2.24) is 9.78 Å². The van der Waals surface area contributed by atoms with Crippen molar-refractivity contribution in [3.05, 3.63) is 76.6 Å². The lowest BCUT2D eigenvalue weighted by Gasteiger charge is -2.10. The van der Waals surface area contributed by atoms with Gasteiger partial charge in [0.15, 0.2) is 11.6 Å². The number of nitrogens with zero attached hydrogens (tertiary/aromatic N) is 2. The summed E-state index contributed by atoms with van der Waals surface area (Å²) in [7, 11) is 0. The van der Waals surface area contributed by atoms with E-state index in [1.54, 1.807) is 35.1 Å². The number of anilines is 1. The van der Waals surface area contributed by atoms with Crippen LogP contribution in [0.25, 0.3) is 0 Å². The maximum absolute atomic E-state index is 13.5. The Bertz CT molecular complexity index is 896. The Balaban J connectivity index is 1.46. The monoisotopic (exact) mass is 431 g/mol. The van der Waals surface area contributed by atoms with Crippen LogP contribution in [-0.4, -0.2) is 22.3 Å². The van der Waals surface area contributed by atoms with Crippen LogP contribution in [0.15, 0.2) is 65.3 Å². The summed E-state index contributed by atoms with van der Waals surface area (Å²) < 4.78 is 21.6. The molecule has 1 N–H and O–H groups in total. The molecule has 0 aliphatic carbocycles. The van der Waals surface area contributed by atoms with Crippen LogP contribution in [-0.2, 0) is 11.3 Å². The number of aromatic nitrogens is 2. The minimum atomic E-state index is -0.404. The van der Waals surface area contributed by atoms with Crippen molar-refractivity contribution in [2.45, 2.75) is 19.4 Å². The number of benzene rings is 2. The highest BCUT2D eigenvalue weighted by Gasteiger charge is 2.08. The highest BCUT2D eigenvalue weighted by molar-refractivity contribution is 9.10. The Morgan fingerprint density at radius 3 is 2.70 bits per heavy atom. The first-order chi connectivity index (χ1) is 13.1. The molecular weight excluding hydrogens is 413 g/mol. The van der Waals surface area contributed by atoms with E-state index in [4.69, 9.17) is 4.74 Å². The van der Waals surface area contributed by atoms with Crippen molar-refractivity contribution in [1.29, 1.82) is 0 Å². The number of para-hydroxylation sites is 1. The molecular formula is C20H19BrFN3O2. The van der Waals surface area contributed by atoms with Crippen LogP contribution >= 0.6 is 15.9 Å². The standard InChI is InChI=1S/C20H19BrFN3O2/c21-16-9-7-15(8-10-16)14-25-19(11-12-23-25)24-20(26)6-3-13-27-18-5-2-1-4-17(18)22/h1-2,4-5,7-12H,3,6,13-14H2,(H,24,26). The molecule has 3 rings (SSSR count). The molecule has 2 aromatic carbocycles. The van der Waals surface area contributed by atoms with E-state index < -0.39 is 5.82 Å². The number of hydrogen-bond acceptors (Lipinski definition) is 3. The maximum atomic E-state index is 13.5. The second-order valence-corrected chi connectivity index (χ2v) is 6.85. The quantitative estimate of drug-likeness (QED) is 0.528. The first kappa shape index (κ1) is 19.1. The third-order valence-electron chi connectivity index (χ3n) is 3.87. The first-order valence-corrected chi connectivity index (χ1v) is 9.34. The predicted molar refractivity (Wildman–Crippen MR) is 105 cm³/mol. The van der Waals surface area contributed by atoms with E-state index >= 15 is 0 Å². The molecule has 27 heavy (non-hydrogen) atoms. The van der Waals surface area contributed by atoms with Gasteiger partial charge in [0.05, 0.1) is 19.3 Å². The van der Waals surface area contributed by atoms with Crippen molar-refractivity contribution in [2.24, 2.45) is 0 Å². The topological polar surface area (TPSA) is 56.1 Å². The number of amides is 1. The van der Waals surface area contributed by atoms with Crippen LogP contribution in [0.5, 0.6) is 5.75 Å². The first-order valence-electron chi connectivity index (χ1n) is 8.55. The van der Waals surface area contributed by atoms with Gasteiger partial charge in [0.2, 0.25) is 5.91 Å². The molecule has 0 fully saturated rings. The molecule has 0 aliphatic rings. The van der Waals surface area contributed by atoms with E-state index in [1.165, 1.54) is 6.07 Å². The molecule has 0 radical (unpaired) electrons. The van der Waals surface area contributed by atoms with E-state index in [0.717, 1.165) is 10.0 Å². The second-order valence-electron chi connectivity index (χ2n) is 5.93. The average molecular weight is 432 g/mol. The van der Waals surface area contributed by atoms with E-state index in [-0.39, 0.29) is 24.7 Å². The van der Waals surface area contributed by atoms with E-state index in [9.17, 15) is 9.18 Å². The summed E-state index contributed by atoms with van der Waals surface area (Å²) in [5, 5.41) is 7.11. The lowest BCUT2D eigenvalue weighted by atomic mass is 10.2. The second kappa shape index (κ2) is 9.32. The maximum Gasteiger partial charge on any atom is 0.225 e. The highest BCUT2D eigenvalue weighted by atomic mass is 79.9. The molecule has 140 valence electrons. The fourth-order valence-electron chi connectivity index (χ4n) is 2.51. The molecule has 0 bridgehead atoms. The van der Waals surface area contributed by atoms with Gasteiger partial charge in [0.25, 0.3) is 0 Å². The summed E-state index contributed by atoms with van der Waals surface area (Å²) in [4.78, 5) is 12.1. The zero-order valence-corrected chi connectivity index (χ0v) is 16.2. The van der Waals surface area contributed by atoms with Gasteiger partial charge in [-0.3, -0.25) is 4.79 Å². The molecule has 5 nitrogen and oxygen atoms in total. The van der Waals surface area contributed by atoms with Crippen molar-refractivity contribution >= 4 is 27.7 Å². The van der Waals surface area contributed by atoms with E-state index in [2.05, 4.69) is 26.3 Å². The SMILES string of the molecule is O=C(CCCOc1ccccc1F)Nc1ccnn1Cc1ccc(Br)cc1. The third-order valence-corrected chi connectivity index (χ3v) is 4.40. The molecule has 1 heterocycles. The Kier molecular flexibility index (Phi) is 6.59. The summed E-state index contributed by atoms with van der Waals surface area (Å²) >= 11 is 3.41. The fourth-order valence-corrected chi connectivity index (χ4v) is 2.77. The number of carbonyl (C=O) groups excluding carboxylic acids is 1. The van der Waals surface area contributed by atoms with Crippen molar-refractivity contribution in [3.63, 3.8) is 0 Å². The van der Waals surface area contributed by atoms with Crippen molar-refractivity contribution in [3.8, 4) is 5.75 Å². The normalized spacial score (nSPS) is 10.6. The summed E-state index contributed by atoms with van der Waals surface area (Å²) in [5.41, 5.74) is 1.08. The van der Waals surface area contributed by atoms with Gasteiger partial charge in [-0.25, -0.2) is 9.07 Å². The minimum absolute atomic E-state index is 0.135. The van der Waals surface area contributed by atoms with Gasteiger partial charge in [-0.05, 0) is 36.2 Å². The molecule has 1 amide bonds. The van der Waals surface area contributed by atoms with Gasteiger partial charge >= 0.3 is 0 Å². The highest BCUT2D eigenvalue weighted by Crippen LogP contribution is 2.16. The van der Waals surface area contributed by atoms with Crippen LogP contribution in [0.1, 0.15) is 18.4 Å². The molecule has 0 spiro atoms. The smallest absolute Gasteiger partial charge is 0.225 e. The van der Waals surface area contributed by atoms with Gasteiger partial charge < -0.3 is 10.1 Å². The molecule has 0 saturated carbocycles. The molecule has 0 saturated heterocycles. The van der Waals surface area contributed by atoms with Gasteiger partial charge in [0, 0.05) is 17.0 Å². The summed E-state index contributed by atoms with van der Waals surface area (Å²) in [6.45, 7) is 0.832. The zero-order valence-electron chi connectivity index (χ0n) is 14.6. The Morgan fingerprint density at radius 2 is 1.93 bits per heavy atom. The molecule has 3 aromatic rings. The van der Waals surface area contributed by atoms with Crippen LogP contribution in [0.4, 0.5) is 10.2 Å². The van der Waals surface area contributed by atoms with Crippen LogP contribution < -0.4 is 10.1 Å². The van der Waals surface area contributed by atoms with E-state index in [0.29, 0.717) is 18.8 Å². The number of carbonyl (C=O) groups is 1. The number of rotatable bonds is 8. The Labute approximate surface area is 165 Å². The number of halogens is 2. The van der Waals surface area contributed by atoms with Gasteiger partial charge in [-0.2, -0.15) is 5.10 Å². The average Bonchev–Trinajstić information content (AvgIpc) is 3.08. The van der Waals surface area contributed by atoms with Crippen LogP contribution in [0.3, 0.4) is 0 Å².